The highest BCUT2D eigenvalue weighted by atomic mass is 35.5. The zero-order chi connectivity index (χ0) is 18.9. The number of hydrogen-bond acceptors (Lipinski definition) is 4. The van der Waals surface area contributed by atoms with Gasteiger partial charge in [-0.1, -0.05) is 23.7 Å². The second-order valence-electron chi connectivity index (χ2n) is 5.87. The zero-order valence-electron chi connectivity index (χ0n) is 14.3. The number of sulfonamides is 1. The van der Waals surface area contributed by atoms with Gasteiger partial charge in [0.25, 0.3) is 10.0 Å². The summed E-state index contributed by atoms with van der Waals surface area (Å²) in [6, 6.07) is 7.62. The van der Waals surface area contributed by atoms with E-state index < -0.39 is 16.0 Å². The smallest absolute Gasteiger partial charge is 0.335 e. The number of aromatic carboxylic acids is 1. The van der Waals surface area contributed by atoms with Crippen LogP contribution >= 0.6 is 11.6 Å². The van der Waals surface area contributed by atoms with Gasteiger partial charge >= 0.3 is 5.97 Å². The van der Waals surface area contributed by atoms with Gasteiger partial charge in [-0.2, -0.15) is 0 Å². The van der Waals surface area contributed by atoms with Crippen LogP contribution in [-0.2, 0) is 10.0 Å². The number of carboxylic acids is 1. The van der Waals surface area contributed by atoms with E-state index in [0.29, 0.717) is 27.5 Å². The predicted octanol–water partition coefficient (Wildman–Crippen LogP) is 3.52. The molecule has 0 bridgehead atoms. The lowest BCUT2D eigenvalue weighted by molar-refractivity contribution is 0.0696. The SMILES string of the molecule is Cc1cc(C)c(S(=O)(=O)Nc2cccc(Cl)c2N(C)C)cc1C(=O)O. The van der Waals surface area contributed by atoms with Gasteiger partial charge in [0.2, 0.25) is 0 Å². The van der Waals surface area contributed by atoms with Crippen LogP contribution in [0.25, 0.3) is 0 Å². The average Bonchev–Trinajstić information content (AvgIpc) is 2.45. The summed E-state index contributed by atoms with van der Waals surface area (Å²) in [5, 5.41) is 9.65. The molecule has 0 radical (unpaired) electrons. The summed E-state index contributed by atoms with van der Waals surface area (Å²) in [6.07, 6.45) is 0. The topological polar surface area (TPSA) is 86.7 Å². The molecule has 2 N–H and O–H groups in total. The van der Waals surface area contributed by atoms with Crippen molar-refractivity contribution < 1.29 is 18.3 Å². The molecule has 0 aliphatic carbocycles. The van der Waals surface area contributed by atoms with Crippen molar-refractivity contribution in [1.29, 1.82) is 0 Å². The van der Waals surface area contributed by atoms with Crippen molar-refractivity contribution in [3.05, 3.63) is 52.0 Å². The molecule has 0 atom stereocenters. The number of benzene rings is 2. The van der Waals surface area contributed by atoms with Crippen molar-refractivity contribution in [2.24, 2.45) is 0 Å². The first-order chi connectivity index (χ1) is 11.5. The van der Waals surface area contributed by atoms with Crippen molar-refractivity contribution in [2.45, 2.75) is 18.7 Å². The molecule has 0 spiro atoms. The van der Waals surface area contributed by atoms with Crippen molar-refractivity contribution in [2.75, 3.05) is 23.7 Å². The molecular formula is C17H19ClN2O4S. The quantitative estimate of drug-likeness (QED) is 0.826. The van der Waals surface area contributed by atoms with E-state index in [-0.39, 0.29) is 10.5 Å². The van der Waals surface area contributed by atoms with Gasteiger partial charge in [0, 0.05) is 14.1 Å². The summed E-state index contributed by atoms with van der Waals surface area (Å²) in [5.41, 5.74) is 1.75. The molecule has 6 nitrogen and oxygen atoms in total. The first-order valence-corrected chi connectivity index (χ1v) is 9.24. The third-order valence-electron chi connectivity index (χ3n) is 3.72. The van der Waals surface area contributed by atoms with Crippen LogP contribution < -0.4 is 9.62 Å². The fraction of sp³-hybridized carbons (Fsp3) is 0.235. The maximum atomic E-state index is 12.8. The van der Waals surface area contributed by atoms with Gasteiger partial charge in [-0.15, -0.1) is 0 Å². The number of nitrogens with one attached hydrogen (secondary N) is 1. The molecule has 0 aliphatic rings. The molecule has 0 amide bonds. The van der Waals surface area contributed by atoms with Gasteiger partial charge in [-0.25, -0.2) is 13.2 Å². The van der Waals surface area contributed by atoms with Crippen LogP contribution in [0.1, 0.15) is 21.5 Å². The van der Waals surface area contributed by atoms with Crippen molar-refractivity contribution in [3.8, 4) is 0 Å². The van der Waals surface area contributed by atoms with Gasteiger partial charge in [0.15, 0.2) is 0 Å². The van der Waals surface area contributed by atoms with Crippen LogP contribution in [-0.4, -0.2) is 33.6 Å². The molecule has 0 aromatic heterocycles. The van der Waals surface area contributed by atoms with E-state index in [1.165, 1.54) is 6.07 Å². The average molecular weight is 383 g/mol. The molecule has 0 heterocycles. The summed E-state index contributed by atoms with van der Waals surface area (Å²) in [5.74, 6) is -1.18. The normalized spacial score (nSPS) is 11.2. The number of hydrogen-bond donors (Lipinski definition) is 2. The van der Waals surface area contributed by atoms with Crippen LogP contribution in [0, 0.1) is 13.8 Å². The van der Waals surface area contributed by atoms with E-state index >= 15 is 0 Å². The molecule has 0 aliphatic heterocycles. The number of anilines is 2. The maximum absolute atomic E-state index is 12.8. The second kappa shape index (κ2) is 6.93. The minimum Gasteiger partial charge on any atom is -0.478 e. The molecule has 134 valence electrons. The van der Waals surface area contributed by atoms with E-state index in [1.54, 1.807) is 57.1 Å². The van der Waals surface area contributed by atoms with Crippen LogP contribution in [0.3, 0.4) is 0 Å². The molecule has 0 unspecified atom stereocenters. The van der Waals surface area contributed by atoms with E-state index in [2.05, 4.69) is 4.72 Å². The minimum absolute atomic E-state index is 0.0510. The minimum atomic E-state index is -3.99. The summed E-state index contributed by atoms with van der Waals surface area (Å²) < 4.78 is 28.2. The number of rotatable bonds is 5. The van der Waals surface area contributed by atoms with Gasteiger partial charge in [-0.05, 0) is 43.2 Å². The fourth-order valence-corrected chi connectivity index (χ4v) is 4.27. The van der Waals surface area contributed by atoms with Gasteiger partial charge < -0.3 is 10.0 Å². The highest BCUT2D eigenvalue weighted by molar-refractivity contribution is 7.92. The van der Waals surface area contributed by atoms with Crippen LogP contribution in [0.4, 0.5) is 11.4 Å². The lowest BCUT2D eigenvalue weighted by Gasteiger charge is -2.20. The van der Waals surface area contributed by atoms with E-state index in [1.807, 2.05) is 0 Å². The number of aryl methyl sites for hydroxylation is 2. The zero-order valence-corrected chi connectivity index (χ0v) is 15.9. The monoisotopic (exact) mass is 382 g/mol. The first kappa shape index (κ1) is 19.1. The third kappa shape index (κ3) is 3.88. The Morgan fingerprint density at radius 1 is 1.16 bits per heavy atom. The highest BCUT2D eigenvalue weighted by Gasteiger charge is 2.22. The molecular weight excluding hydrogens is 364 g/mol. The third-order valence-corrected chi connectivity index (χ3v) is 5.53. The van der Waals surface area contributed by atoms with Crippen molar-refractivity contribution in [1.82, 2.24) is 0 Å². The fourth-order valence-electron chi connectivity index (χ4n) is 2.60. The Labute approximate surface area is 152 Å². The Balaban J connectivity index is 2.57. The molecule has 0 saturated heterocycles. The maximum Gasteiger partial charge on any atom is 0.335 e. The van der Waals surface area contributed by atoms with Crippen molar-refractivity contribution >= 4 is 39.0 Å². The molecule has 0 saturated carbocycles. The summed E-state index contributed by atoms with van der Waals surface area (Å²) in [7, 11) is -0.491. The van der Waals surface area contributed by atoms with Crippen LogP contribution in [0.2, 0.25) is 5.02 Å². The lowest BCUT2D eigenvalue weighted by Crippen LogP contribution is -2.19. The molecule has 2 aromatic rings. The largest absolute Gasteiger partial charge is 0.478 e. The van der Waals surface area contributed by atoms with Gasteiger partial charge in [-0.3, -0.25) is 4.72 Å². The van der Waals surface area contributed by atoms with Crippen LogP contribution in [0.15, 0.2) is 35.2 Å². The van der Waals surface area contributed by atoms with Crippen molar-refractivity contribution in [3.63, 3.8) is 0 Å². The number of carboxylic acid groups (broad SMARTS) is 1. The molecule has 2 rings (SSSR count). The molecule has 25 heavy (non-hydrogen) atoms. The number of halogens is 1. The summed E-state index contributed by atoms with van der Waals surface area (Å²) >= 11 is 6.16. The Bertz CT molecular complexity index is 940. The molecule has 8 heteroatoms. The predicted molar refractivity (Wildman–Crippen MR) is 99.5 cm³/mol. The number of nitrogens with zero attached hydrogens (tertiary/aromatic N) is 1. The Hall–Kier alpha value is -2.25. The Kier molecular flexibility index (Phi) is 5.29. The van der Waals surface area contributed by atoms with Crippen LogP contribution in [0.5, 0.6) is 0 Å². The Morgan fingerprint density at radius 2 is 1.80 bits per heavy atom. The Morgan fingerprint density at radius 3 is 2.36 bits per heavy atom. The summed E-state index contributed by atoms with van der Waals surface area (Å²) in [4.78, 5) is 12.9. The lowest BCUT2D eigenvalue weighted by atomic mass is 10.1. The van der Waals surface area contributed by atoms with E-state index in [4.69, 9.17) is 11.6 Å². The standard InChI is InChI=1S/C17H19ClN2O4S/c1-10-8-11(2)15(9-12(10)17(21)22)25(23,24)19-14-7-5-6-13(18)16(14)20(3)4/h5-9,19H,1-4H3,(H,21,22). The number of para-hydroxylation sites is 1. The second-order valence-corrected chi connectivity index (χ2v) is 7.93. The molecule has 0 fully saturated rings. The number of carbonyl (C=O) groups is 1. The first-order valence-electron chi connectivity index (χ1n) is 7.38. The highest BCUT2D eigenvalue weighted by Crippen LogP contribution is 2.34. The van der Waals surface area contributed by atoms with E-state index in [9.17, 15) is 18.3 Å². The van der Waals surface area contributed by atoms with Gasteiger partial charge in [0.1, 0.15) is 0 Å². The summed E-state index contributed by atoms with van der Waals surface area (Å²) in [6.45, 7) is 3.25. The van der Waals surface area contributed by atoms with E-state index in [0.717, 1.165) is 0 Å². The van der Waals surface area contributed by atoms with Gasteiger partial charge in [0.05, 0.1) is 26.9 Å². The molecule has 2 aromatic carbocycles.